The molecule has 1 amide bonds. The van der Waals surface area contributed by atoms with Crippen molar-refractivity contribution >= 4 is 23.3 Å². The lowest BCUT2D eigenvalue weighted by atomic mass is 10.0. The van der Waals surface area contributed by atoms with E-state index in [1.165, 1.54) is 0 Å². The number of carbonyl (C=O) groups excluding carboxylic acids is 1. The van der Waals surface area contributed by atoms with Gasteiger partial charge in [-0.3, -0.25) is 19.7 Å². The van der Waals surface area contributed by atoms with Crippen molar-refractivity contribution in [1.29, 1.82) is 0 Å². The molecule has 1 saturated carbocycles. The minimum absolute atomic E-state index is 0.248. The monoisotopic (exact) mass is 548 g/mol. The number of hydrogen-bond acceptors (Lipinski definition) is 8. The lowest BCUT2D eigenvalue weighted by Crippen LogP contribution is -2.49. The molecule has 3 aromatic rings. The highest BCUT2D eigenvalue weighted by atomic mass is 35.5. The lowest BCUT2D eigenvalue weighted by molar-refractivity contribution is -0.132. The Kier molecular flexibility index (Phi) is 7.90. The minimum Gasteiger partial charge on any atom is -0.492 e. The van der Waals surface area contributed by atoms with Gasteiger partial charge in [-0.15, -0.1) is 0 Å². The van der Waals surface area contributed by atoms with Gasteiger partial charge in [-0.2, -0.15) is 0 Å². The molecule has 0 spiro atoms. The second-order valence-corrected chi connectivity index (χ2v) is 10.6. The van der Waals surface area contributed by atoms with Crippen LogP contribution in [0.4, 0.5) is 5.82 Å². The zero-order chi connectivity index (χ0) is 26.6. The first-order valence-corrected chi connectivity index (χ1v) is 14.1. The number of pyridine rings is 1. The van der Waals surface area contributed by atoms with Crippen LogP contribution >= 0.6 is 11.6 Å². The summed E-state index contributed by atoms with van der Waals surface area (Å²) in [4.78, 5) is 33.1. The Bertz CT molecular complexity index is 1290. The third-order valence-electron chi connectivity index (χ3n) is 7.54. The van der Waals surface area contributed by atoms with Crippen molar-refractivity contribution in [2.24, 2.45) is 5.92 Å². The number of benzene rings is 1. The van der Waals surface area contributed by atoms with Crippen LogP contribution in [0.15, 0.2) is 48.9 Å². The number of hydrogen-bond donors (Lipinski definition) is 0. The maximum Gasteiger partial charge on any atom is 0.225 e. The highest BCUT2D eigenvalue weighted by molar-refractivity contribution is 6.33. The highest BCUT2D eigenvalue weighted by Gasteiger charge is 2.34. The average molecular weight is 549 g/mol. The number of piperazine rings is 1. The number of rotatable bonds is 8. The second kappa shape index (κ2) is 11.9. The number of ether oxygens (including phenoxy) is 2. The fourth-order valence-electron chi connectivity index (χ4n) is 5.07. The standard InChI is InChI=1S/C29H33ClN6O3/c30-25-19-31-8-7-24(25)28-27(21-3-5-23(6-4-21)39-18-15-34-13-16-38-17-14-34)32-20-26(33-28)35-9-11-36(12-10-35)29(37)22-1-2-22/h3-8,19-20,22H,1-2,9-18H2. The molecule has 4 heterocycles. The molecule has 204 valence electrons. The summed E-state index contributed by atoms with van der Waals surface area (Å²) in [5.41, 5.74) is 3.16. The van der Waals surface area contributed by atoms with Gasteiger partial charge in [0.05, 0.1) is 30.1 Å². The molecule has 39 heavy (non-hydrogen) atoms. The molecule has 6 rings (SSSR count). The Morgan fingerprint density at radius 2 is 1.74 bits per heavy atom. The predicted octanol–water partition coefficient (Wildman–Crippen LogP) is 3.63. The van der Waals surface area contributed by atoms with Gasteiger partial charge in [-0.05, 0) is 43.2 Å². The van der Waals surface area contributed by atoms with E-state index in [9.17, 15) is 4.79 Å². The van der Waals surface area contributed by atoms with E-state index in [0.29, 0.717) is 36.3 Å². The predicted molar refractivity (Wildman–Crippen MR) is 150 cm³/mol. The van der Waals surface area contributed by atoms with Crippen molar-refractivity contribution in [3.63, 3.8) is 0 Å². The molecule has 2 aromatic heterocycles. The molecule has 0 radical (unpaired) electrons. The molecule has 0 atom stereocenters. The van der Waals surface area contributed by atoms with Crippen LogP contribution in [0.5, 0.6) is 5.75 Å². The number of morpholine rings is 1. The van der Waals surface area contributed by atoms with E-state index in [0.717, 1.165) is 87.2 Å². The molecule has 3 aliphatic rings. The van der Waals surface area contributed by atoms with Crippen LogP contribution < -0.4 is 9.64 Å². The van der Waals surface area contributed by atoms with Crippen LogP contribution in [0.2, 0.25) is 5.02 Å². The first-order valence-electron chi connectivity index (χ1n) is 13.7. The van der Waals surface area contributed by atoms with Gasteiger partial charge in [-0.25, -0.2) is 4.98 Å². The normalized spacial score (nSPS) is 18.3. The zero-order valence-electron chi connectivity index (χ0n) is 22.0. The number of anilines is 1. The molecule has 0 unspecified atom stereocenters. The summed E-state index contributed by atoms with van der Waals surface area (Å²) in [7, 11) is 0. The van der Waals surface area contributed by atoms with E-state index in [2.05, 4.69) is 14.8 Å². The van der Waals surface area contributed by atoms with Gasteiger partial charge >= 0.3 is 0 Å². The Morgan fingerprint density at radius 1 is 0.974 bits per heavy atom. The first-order chi connectivity index (χ1) is 19.2. The van der Waals surface area contributed by atoms with E-state index in [1.807, 2.05) is 41.4 Å². The molecule has 0 N–H and O–H groups in total. The van der Waals surface area contributed by atoms with Crippen molar-refractivity contribution in [1.82, 2.24) is 24.8 Å². The third-order valence-corrected chi connectivity index (χ3v) is 7.84. The Balaban J connectivity index is 1.19. The summed E-state index contributed by atoms with van der Waals surface area (Å²) in [6.07, 6.45) is 7.22. The number of aromatic nitrogens is 3. The maximum atomic E-state index is 12.5. The molecule has 2 saturated heterocycles. The lowest BCUT2D eigenvalue weighted by Gasteiger charge is -2.35. The summed E-state index contributed by atoms with van der Waals surface area (Å²) < 4.78 is 11.4. The van der Waals surface area contributed by atoms with E-state index in [1.54, 1.807) is 12.4 Å². The van der Waals surface area contributed by atoms with Crippen LogP contribution in [0.1, 0.15) is 12.8 Å². The Hall–Kier alpha value is -3.27. The van der Waals surface area contributed by atoms with Crippen LogP contribution in [0, 0.1) is 5.92 Å². The van der Waals surface area contributed by atoms with Crippen molar-refractivity contribution in [2.45, 2.75) is 12.8 Å². The number of halogens is 1. The molecule has 10 heteroatoms. The zero-order valence-corrected chi connectivity index (χ0v) is 22.7. The molecule has 1 aliphatic carbocycles. The van der Waals surface area contributed by atoms with Gasteiger partial charge < -0.3 is 19.3 Å². The summed E-state index contributed by atoms with van der Waals surface area (Å²) in [6.45, 7) is 7.85. The van der Waals surface area contributed by atoms with Crippen LogP contribution in [0.25, 0.3) is 22.5 Å². The van der Waals surface area contributed by atoms with Gasteiger partial charge in [0.25, 0.3) is 0 Å². The number of amides is 1. The fourth-order valence-corrected chi connectivity index (χ4v) is 5.28. The third kappa shape index (κ3) is 6.16. The largest absolute Gasteiger partial charge is 0.492 e. The smallest absolute Gasteiger partial charge is 0.225 e. The van der Waals surface area contributed by atoms with Crippen LogP contribution in [-0.2, 0) is 9.53 Å². The van der Waals surface area contributed by atoms with Gasteiger partial charge in [0.15, 0.2) is 0 Å². The summed E-state index contributed by atoms with van der Waals surface area (Å²) >= 11 is 6.57. The molecule has 0 bridgehead atoms. The van der Waals surface area contributed by atoms with Crippen LogP contribution in [0.3, 0.4) is 0 Å². The average Bonchev–Trinajstić information content (AvgIpc) is 3.84. The molecule has 2 aliphatic heterocycles. The van der Waals surface area contributed by atoms with Crippen molar-refractivity contribution in [2.75, 3.05) is 70.5 Å². The number of nitrogens with zero attached hydrogens (tertiary/aromatic N) is 6. The first kappa shape index (κ1) is 26.0. The Labute approximate surface area is 233 Å². The van der Waals surface area contributed by atoms with Crippen molar-refractivity contribution in [3.8, 4) is 28.3 Å². The van der Waals surface area contributed by atoms with E-state index >= 15 is 0 Å². The molecule has 3 fully saturated rings. The van der Waals surface area contributed by atoms with E-state index in [4.69, 9.17) is 31.0 Å². The van der Waals surface area contributed by atoms with Gasteiger partial charge in [0.1, 0.15) is 23.9 Å². The summed E-state index contributed by atoms with van der Waals surface area (Å²) in [5, 5.41) is 0.521. The second-order valence-electron chi connectivity index (χ2n) is 10.2. The molecule has 9 nitrogen and oxygen atoms in total. The van der Waals surface area contributed by atoms with Crippen molar-refractivity contribution < 1.29 is 14.3 Å². The molecular weight excluding hydrogens is 516 g/mol. The van der Waals surface area contributed by atoms with Gasteiger partial charge in [0.2, 0.25) is 5.91 Å². The van der Waals surface area contributed by atoms with Gasteiger partial charge in [-0.1, -0.05) is 11.6 Å². The van der Waals surface area contributed by atoms with Gasteiger partial charge in [0, 0.05) is 75.3 Å². The summed E-state index contributed by atoms with van der Waals surface area (Å²) in [5.74, 6) is 2.15. The fraction of sp³-hybridized carbons (Fsp3) is 0.448. The van der Waals surface area contributed by atoms with E-state index < -0.39 is 0 Å². The highest BCUT2D eigenvalue weighted by Crippen LogP contribution is 2.35. The van der Waals surface area contributed by atoms with E-state index in [-0.39, 0.29) is 5.92 Å². The quantitative estimate of drug-likeness (QED) is 0.422. The van der Waals surface area contributed by atoms with Crippen molar-refractivity contribution in [3.05, 3.63) is 53.9 Å². The summed E-state index contributed by atoms with van der Waals surface area (Å²) in [6, 6.07) is 9.83. The Morgan fingerprint density at radius 3 is 2.46 bits per heavy atom. The minimum atomic E-state index is 0.248. The number of carbonyl (C=O) groups is 1. The molecular formula is C29H33ClN6O3. The van der Waals surface area contributed by atoms with Crippen LogP contribution in [-0.4, -0.2) is 96.3 Å². The topological polar surface area (TPSA) is 83.9 Å². The SMILES string of the molecule is O=C(C1CC1)N1CCN(c2cnc(-c3ccc(OCCN4CCOCC4)cc3)c(-c3ccncc3Cl)n2)CC1. The maximum absolute atomic E-state index is 12.5. The molecule has 1 aromatic carbocycles.